The van der Waals surface area contributed by atoms with Crippen LogP contribution in [0.5, 0.6) is 0 Å². The van der Waals surface area contributed by atoms with Crippen LogP contribution in [0.3, 0.4) is 0 Å². The molecule has 2 aliphatic rings. The van der Waals surface area contributed by atoms with Gasteiger partial charge in [0.25, 0.3) is 0 Å². The molecule has 0 spiro atoms. The zero-order valence-corrected chi connectivity index (χ0v) is 17.8. The van der Waals surface area contributed by atoms with Gasteiger partial charge in [-0.25, -0.2) is 0 Å². The molecule has 30 heavy (non-hydrogen) atoms. The Morgan fingerprint density at radius 1 is 1.03 bits per heavy atom. The van der Waals surface area contributed by atoms with Crippen molar-refractivity contribution in [2.24, 2.45) is 0 Å². The summed E-state index contributed by atoms with van der Waals surface area (Å²) in [5, 5.41) is 5.55. The Morgan fingerprint density at radius 3 is 2.60 bits per heavy atom. The fourth-order valence-electron chi connectivity index (χ4n) is 4.49. The van der Waals surface area contributed by atoms with Crippen LogP contribution in [0.2, 0.25) is 0 Å². The summed E-state index contributed by atoms with van der Waals surface area (Å²) in [6, 6.07) is 14.2. The van der Waals surface area contributed by atoms with Gasteiger partial charge in [-0.15, -0.1) is 0 Å². The van der Waals surface area contributed by atoms with E-state index in [4.69, 9.17) is 0 Å². The predicted octanol–water partition coefficient (Wildman–Crippen LogP) is 2.88. The van der Waals surface area contributed by atoms with Crippen molar-refractivity contribution in [3.8, 4) is 0 Å². The largest absolute Gasteiger partial charge is 0.374 e. The number of fused-ring (bicyclic) bond motifs is 1. The Bertz CT molecular complexity index is 937. The molecule has 1 fully saturated rings. The van der Waals surface area contributed by atoms with Crippen LogP contribution < -0.4 is 15.5 Å². The summed E-state index contributed by atoms with van der Waals surface area (Å²) < 4.78 is 0. The molecule has 0 saturated carbocycles. The second-order valence-corrected chi connectivity index (χ2v) is 8.35. The van der Waals surface area contributed by atoms with E-state index < -0.39 is 11.8 Å². The van der Waals surface area contributed by atoms with Gasteiger partial charge in [-0.3, -0.25) is 14.5 Å². The van der Waals surface area contributed by atoms with Gasteiger partial charge in [0, 0.05) is 31.5 Å². The van der Waals surface area contributed by atoms with Crippen molar-refractivity contribution in [2.45, 2.75) is 32.2 Å². The molecule has 0 radical (unpaired) electrons. The number of carbonyl (C=O) groups is 2. The highest BCUT2D eigenvalue weighted by Crippen LogP contribution is 2.32. The molecule has 2 amide bonds. The van der Waals surface area contributed by atoms with E-state index in [2.05, 4.69) is 45.7 Å². The van der Waals surface area contributed by atoms with Crippen LogP contribution >= 0.6 is 0 Å². The lowest BCUT2D eigenvalue weighted by atomic mass is 10.0. The quantitative estimate of drug-likeness (QED) is 0.750. The van der Waals surface area contributed by atoms with E-state index in [1.54, 1.807) is 6.07 Å². The summed E-state index contributed by atoms with van der Waals surface area (Å²) in [4.78, 5) is 29.5. The third kappa shape index (κ3) is 4.49. The maximum Gasteiger partial charge on any atom is 0.313 e. The van der Waals surface area contributed by atoms with Gasteiger partial charge in [0.05, 0.1) is 6.04 Å². The van der Waals surface area contributed by atoms with E-state index in [0.29, 0.717) is 12.2 Å². The van der Waals surface area contributed by atoms with Gasteiger partial charge in [0.1, 0.15) is 0 Å². The number of likely N-dealkylation sites (tertiary alicyclic amines) is 1. The third-order valence-corrected chi connectivity index (χ3v) is 6.14. The van der Waals surface area contributed by atoms with Crippen LogP contribution in [0.25, 0.3) is 0 Å². The molecule has 1 saturated heterocycles. The summed E-state index contributed by atoms with van der Waals surface area (Å²) in [5.41, 5.74) is 5.53. The van der Waals surface area contributed by atoms with Crippen molar-refractivity contribution in [1.29, 1.82) is 0 Å². The molecule has 4 rings (SSSR count). The Kier molecular flexibility index (Phi) is 6.04. The summed E-state index contributed by atoms with van der Waals surface area (Å²) >= 11 is 0. The SMILES string of the molecule is Cc1cccc(NC(=O)C(=O)NC[C@H](c2ccc3c(c2)CCN3C)N2CCCC2)c1. The highest BCUT2D eigenvalue weighted by atomic mass is 16.2. The van der Waals surface area contributed by atoms with Crippen molar-refractivity contribution in [3.63, 3.8) is 0 Å². The van der Waals surface area contributed by atoms with E-state index in [-0.39, 0.29) is 6.04 Å². The smallest absolute Gasteiger partial charge is 0.313 e. The van der Waals surface area contributed by atoms with Crippen molar-refractivity contribution in [3.05, 3.63) is 59.2 Å². The first-order valence-corrected chi connectivity index (χ1v) is 10.7. The summed E-state index contributed by atoms with van der Waals surface area (Å²) in [5.74, 6) is -1.22. The highest BCUT2D eigenvalue weighted by molar-refractivity contribution is 6.39. The fourth-order valence-corrected chi connectivity index (χ4v) is 4.49. The lowest BCUT2D eigenvalue weighted by molar-refractivity contribution is -0.136. The van der Waals surface area contributed by atoms with Gasteiger partial charge in [0.2, 0.25) is 0 Å². The minimum absolute atomic E-state index is 0.0828. The van der Waals surface area contributed by atoms with Crippen LogP contribution in [-0.2, 0) is 16.0 Å². The van der Waals surface area contributed by atoms with Gasteiger partial charge >= 0.3 is 11.8 Å². The number of hydrogen-bond acceptors (Lipinski definition) is 4. The normalized spacial score (nSPS) is 16.9. The average Bonchev–Trinajstić information content (AvgIpc) is 3.38. The molecule has 6 heteroatoms. The Morgan fingerprint density at radius 2 is 1.83 bits per heavy atom. The van der Waals surface area contributed by atoms with Crippen LogP contribution in [0.15, 0.2) is 42.5 Å². The zero-order valence-electron chi connectivity index (χ0n) is 17.8. The second-order valence-electron chi connectivity index (χ2n) is 8.35. The number of rotatable bonds is 5. The van der Waals surface area contributed by atoms with Crippen molar-refractivity contribution >= 4 is 23.2 Å². The van der Waals surface area contributed by atoms with E-state index in [1.165, 1.54) is 29.7 Å². The fraction of sp³-hybridized carbons (Fsp3) is 0.417. The number of carbonyl (C=O) groups excluding carboxylic acids is 2. The number of likely N-dealkylation sites (N-methyl/N-ethyl adjacent to an activating group) is 1. The lowest BCUT2D eigenvalue weighted by Gasteiger charge is -2.28. The van der Waals surface area contributed by atoms with E-state index in [1.807, 2.05) is 25.1 Å². The van der Waals surface area contributed by atoms with Gasteiger partial charge in [-0.2, -0.15) is 0 Å². The van der Waals surface area contributed by atoms with Crippen LogP contribution in [0, 0.1) is 6.92 Å². The maximum absolute atomic E-state index is 12.5. The maximum atomic E-state index is 12.5. The molecular weight excluding hydrogens is 376 g/mol. The first kappa shape index (κ1) is 20.4. The van der Waals surface area contributed by atoms with Gasteiger partial charge < -0.3 is 15.5 Å². The van der Waals surface area contributed by atoms with Crippen LogP contribution in [-0.4, -0.2) is 49.9 Å². The Balaban J connectivity index is 1.44. The minimum Gasteiger partial charge on any atom is -0.374 e. The number of aryl methyl sites for hydroxylation is 1. The predicted molar refractivity (Wildman–Crippen MR) is 120 cm³/mol. The summed E-state index contributed by atoms with van der Waals surface area (Å²) in [6.45, 7) is 5.46. The summed E-state index contributed by atoms with van der Waals surface area (Å²) in [6.07, 6.45) is 3.40. The number of benzene rings is 2. The molecule has 2 aromatic carbocycles. The topological polar surface area (TPSA) is 64.7 Å². The van der Waals surface area contributed by atoms with E-state index in [9.17, 15) is 9.59 Å². The zero-order chi connectivity index (χ0) is 21.1. The second kappa shape index (κ2) is 8.88. The first-order chi connectivity index (χ1) is 14.5. The number of amides is 2. The highest BCUT2D eigenvalue weighted by Gasteiger charge is 2.27. The molecule has 2 N–H and O–H groups in total. The van der Waals surface area contributed by atoms with Crippen molar-refractivity contribution < 1.29 is 9.59 Å². The monoisotopic (exact) mass is 406 g/mol. The molecule has 1 atom stereocenters. The Hall–Kier alpha value is -2.86. The standard InChI is InChI=1S/C24H30N4O2/c1-17-6-5-7-20(14-17)26-24(30)23(29)25-16-22(28-11-3-4-12-28)18-8-9-21-19(15-18)10-13-27(21)2/h5-9,14-15,22H,3-4,10-13,16H2,1-2H3,(H,25,29)(H,26,30)/t22-/m1/s1. The Labute approximate surface area is 178 Å². The van der Waals surface area contributed by atoms with Crippen LogP contribution in [0.1, 0.15) is 35.6 Å². The molecule has 158 valence electrons. The van der Waals surface area contributed by atoms with Crippen LogP contribution in [0.4, 0.5) is 11.4 Å². The van der Waals surface area contributed by atoms with E-state index >= 15 is 0 Å². The molecule has 0 unspecified atom stereocenters. The molecule has 6 nitrogen and oxygen atoms in total. The third-order valence-electron chi connectivity index (χ3n) is 6.14. The lowest BCUT2D eigenvalue weighted by Crippen LogP contribution is -2.41. The molecule has 2 aliphatic heterocycles. The minimum atomic E-state index is -0.628. The molecule has 0 aromatic heterocycles. The van der Waals surface area contributed by atoms with Gasteiger partial charge in [0.15, 0.2) is 0 Å². The molecular formula is C24H30N4O2. The molecule has 2 aromatic rings. The van der Waals surface area contributed by atoms with Gasteiger partial charge in [-0.05, 0) is 74.2 Å². The van der Waals surface area contributed by atoms with E-state index in [0.717, 1.165) is 31.6 Å². The number of nitrogens with one attached hydrogen (secondary N) is 2. The first-order valence-electron chi connectivity index (χ1n) is 10.7. The van der Waals surface area contributed by atoms with Crippen molar-refractivity contribution in [2.75, 3.05) is 43.4 Å². The number of anilines is 2. The molecule has 2 heterocycles. The van der Waals surface area contributed by atoms with Crippen molar-refractivity contribution in [1.82, 2.24) is 10.2 Å². The molecule has 0 bridgehead atoms. The summed E-state index contributed by atoms with van der Waals surface area (Å²) in [7, 11) is 2.12. The van der Waals surface area contributed by atoms with Gasteiger partial charge in [-0.1, -0.05) is 24.3 Å². The average molecular weight is 407 g/mol. The number of hydrogen-bond donors (Lipinski definition) is 2. The number of nitrogens with zero attached hydrogens (tertiary/aromatic N) is 2. The molecule has 0 aliphatic carbocycles.